The molecule has 1 amide bonds. The molecule has 0 aliphatic carbocycles. The highest BCUT2D eigenvalue weighted by Gasteiger charge is 2.27. The molecule has 7 heteroatoms. The molecule has 0 bridgehead atoms. The predicted molar refractivity (Wildman–Crippen MR) is 58.5 cm³/mol. The van der Waals surface area contributed by atoms with Gasteiger partial charge >= 0.3 is 0 Å². The van der Waals surface area contributed by atoms with Crippen LogP contribution in [0.3, 0.4) is 0 Å². The van der Waals surface area contributed by atoms with Crippen LogP contribution >= 0.6 is 0 Å². The van der Waals surface area contributed by atoms with Gasteiger partial charge in [0.25, 0.3) is 5.91 Å². The monoisotopic (exact) mass is 240 g/mol. The first-order chi connectivity index (χ1) is 8.13. The molecule has 1 aromatic rings. The topological polar surface area (TPSA) is 91.5 Å². The fourth-order valence-electron chi connectivity index (χ4n) is 1.81. The molecule has 1 saturated heterocycles. The largest absolute Gasteiger partial charge is 0.391 e. The van der Waals surface area contributed by atoms with Crippen LogP contribution in [0, 0.1) is 5.82 Å². The van der Waals surface area contributed by atoms with Crippen LogP contribution < -0.4 is 11.3 Å². The second-order valence-electron chi connectivity index (χ2n) is 3.86. The van der Waals surface area contributed by atoms with Gasteiger partial charge < -0.3 is 15.4 Å². The summed E-state index contributed by atoms with van der Waals surface area (Å²) in [5, 5.41) is 9.33. The smallest absolute Gasteiger partial charge is 0.257 e. The third kappa shape index (κ3) is 2.20. The van der Waals surface area contributed by atoms with E-state index in [-0.39, 0.29) is 17.9 Å². The fourth-order valence-corrected chi connectivity index (χ4v) is 1.81. The van der Waals surface area contributed by atoms with Crippen molar-refractivity contribution in [3.05, 3.63) is 23.6 Å². The van der Waals surface area contributed by atoms with Crippen molar-refractivity contribution in [1.82, 2.24) is 9.88 Å². The third-order valence-electron chi connectivity index (χ3n) is 2.71. The summed E-state index contributed by atoms with van der Waals surface area (Å²) in [7, 11) is 0. The van der Waals surface area contributed by atoms with E-state index in [1.165, 1.54) is 17.2 Å². The maximum Gasteiger partial charge on any atom is 0.257 e. The van der Waals surface area contributed by atoms with Gasteiger partial charge in [-0.05, 0) is 12.5 Å². The molecule has 1 aromatic heterocycles. The number of pyridine rings is 1. The number of nitrogens with one attached hydrogen (secondary N) is 1. The lowest BCUT2D eigenvalue weighted by molar-refractivity contribution is 0.0760. The van der Waals surface area contributed by atoms with E-state index in [1.54, 1.807) is 0 Å². The molecule has 1 atom stereocenters. The number of anilines is 1. The van der Waals surface area contributed by atoms with E-state index in [1.807, 2.05) is 0 Å². The maximum absolute atomic E-state index is 13.8. The number of rotatable bonds is 2. The Labute approximate surface area is 97.2 Å². The van der Waals surface area contributed by atoms with Gasteiger partial charge in [-0.3, -0.25) is 4.79 Å². The number of hydrogen-bond acceptors (Lipinski definition) is 5. The van der Waals surface area contributed by atoms with Gasteiger partial charge in [0.2, 0.25) is 0 Å². The molecule has 1 fully saturated rings. The standard InChI is InChI=1S/C10H13FN4O2/c11-8-7(1-3-13-9(8)14-12)10(17)15-4-2-6(16)5-15/h1,3,6,16H,2,4-5,12H2,(H,13,14). The average Bonchev–Trinajstić information content (AvgIpc) is 2.75. The fraction of sp³-hybridized carbons (Fsp3) is 0.400. The number of carbonyl (C=O) groups excluding carboxylic acids is 1. The Morgan fingerprint density at radius 2 is 2.47 bits per heavy atom. The summed E-state index contributed by atoms with van der Waals surface area (Å²) in [6.45, 7) is 0.652. The first kappa shape index (κ1) is 11.7. The average molecular weight is 240 g/mol. The van der Waals surface area contributed by atoms with Crippen molar-refractivity contribution in [1.29, 1.82) is 0 Å². The van der Waals surface area contributed by atoms with Crippen molar-refractivity contribution in [3.63, 3.8) is 0 Å². The molecule has 2 heterocycles. The Morgan fingerprint density at radius 1 is 1.71 bits per heavy atom. The summed E-state index contributed by atoms with van der Waals surface area (Å²) in [5.74, 6) is 3.67. The summed E-state index contributed by atoms with van der Waals surface area (Å²) >= 11 is 0. The molecule has 0 spiro atoms. The SMILES string of the molecule is NNc1nccc(C(=O)N2CCC(O)C2)c1F. The van der Waals surface area contributed by atoms with Crippen molar-refractivity contribution >= 4 is 11.7 Å². The lowest BCUT2D eigenvalue weighted by Crippen LogP contribution is -2.30. The number of hydrazine groups is 1. The van der Waals surface area contributed by atoms with Gasteiger partial charge in [0.1, 0.15) is 0 Å². The Hall–Kier alpha value is -1.73. The highest BCUT2D eigenvalue weighted by atomic mass is 19.1. The summed E-state index contributed by atoms with van der Waals surface area (Å²) in [6.07, 6.45) is 1.29. The van der Waals surface area contributed by atoms with Crippen molar-refractivity contribution in [2.24, 2.45) is 5.84 Å². The zero-order chi connectivity index (χ0) is 12.4. The second-order valence-corrected chi connectivity index (χ2v) is 3.86. The Morgan fingerprint density at radius 3 is 3.06 bits per heavy atom. The molecule has 0 aromatic carbocycles. The van der Waals surface area contributed by atoms with Crippen molar-refractivity contribution in [3.8, 4) is 0 Å². The predicted octanol–water partition coefficient (Wildman–Crippen LogP) is -0.287. The van der Waals surface area contributed by atoms with Crippen LogP contribution in [0.5, 0.6) is 0 Å². The normalized spacial score (nSPS) is 19.5. The molecule has 1 aliphatic rings. The van der Waals surface area contributed by atoms with Gasteiger partial charge in [0.15, 0.2) is 11.6 Å². The zero-order valence-electron chi connectivity index (χ0n) is 9.06. The first-order valence-corrected chi connectivity index (χ1v) is 5.22. The summed E-state index contributed by atoms with van der Waals surface area (Å²) in [5.41, 5.74) is 1.99. The van der Waals surface area contributed by atoms with Crippen LogP contribution in [0.15, 0.2) is 12.3 Å². The maximum atomic E-state index is 13.8. The number of hydrogen-bond donors (Lipinski definition) is 3. The van der Waals surface area contributed by atoms with Gasteiger partial charge in [-0.2, -0.15) is 0 Å². The second kappa shape index (κ2) is 4.64. The van der Waals surface area contributed by atoms with E-state index >= 15 is 0 Å². The minimum atomic E-state index is -0.776. The number of β-amino-alcohol motifs (C(OH)–C–C–N with tert-alkyl or cyclic N) is 1. The molecule has 0 radical (unpaired) electrons. The highest BCUT2D eigenvalue weighted by molar-refractivity contribution is 5.95. The number of aliphatic hydroxyl groups excluding tert-OH is 1. The molecule has 0 saturated carbocycles. The summed E-state index contributed by atoms with van der Waals surface area (Å²) in [4.78, 5) is 17.0. The zero-order valence-corrected chi connectivity index (χ0v) is 9.06. The van der Waals surface area contributed by atoms with Crippen LogP contribution in [-0.4, -0.2) is 40.1 Å². The number of aromatic nitrogens is 1. The van der Waals surface area contributed by atoms with E-state index in [0.29, 0.717) is 13.0 Å². The van der Waals surface area contributed by atoms with E-state index in [2.05, 4.69) is 10.4 Å². The minimum Gasteiger partial charge on any atom is -0.391 e. The molecular formula is C10H13FN4O2. The van der Waals surface area contributed by atoms with Crippen molar-refractivity contribution < 1.29 is 14.3 Å². The number of carbonyl (C=O) groups is 1. The minimum absolute atomic E-state index is 0.0953. The van der Waals surface area contributed by atoms with Crippen LogP contribution in [0.1, 0.15) is 16.8 Å². The van der Waals surface area contributed by atoms with Gasteiger partial charge in [-0.25, -0.2) is 15.2 Å². The molecule has 17 heavy (non-hydrogen) atoms. The molecule has 2 rings (SSSR count). The lowest BCUT2D eigenvalue weighted by atomic mass is 10.2. The summed E-state index contributed by atoms with van der Waals surface area (Å²) in [6, 6.07) is 1.29. The number of nitrogens with zero attached hydrogens (tertiary/aromatic N) is 2. The molecule has 1 unspecified atom stereocenters. The van der Waals surface area contributed by atoms with Gasteiger partial charge in [-0.15, -0.1) is 0 Å². The van der Waals surface area contributed by atoms with Crippen molar-refractivity contribution in [2.45, 2.75) is 12.5 Å². The summed E-state index contributed by atoms with van der Waals surface area (Å²) < 4.78 is 13.8. The number of aliphatic hydroxyl groups is 1. The van der Waals surface area contributed by atoms with Crippen LogP contribution in [-0.2, 0) is 0 Å². The number of halogens is 1. The van der Waals surface area contributed by atoms with Gasteiger partial charge in [-0.1, -0.05) is 0 Å². The lowest BCUT2D eigenvalue weighted by Gasteiger charge is -2.16. The van der Waals surface area contributed by atoms with Gasteiger partial charge in [0.05, 0.1) is 11.7 Å². The van der Waals surface area contributed by atoms with Crippen LogP contribution in [0.4, 0.5) is 10.2 Å². The number of amides is 1. The van der Waals surface area contributed by atoms with Crippen LogP contribution in [0.25, 0.3) is 0 Å². The first-order valence-electron chi connectivity index (χ1n) is 5.22. The van der Waals surface area contributed by atoms with E-state index in [0.717, 1.165) is 0 Å². The van der Waals surface area contributed by atoms with Crippen LogP contribution in [0.2, 0.25) is 0 Å². The third-order valence-corrected chi connectivity index (χ3v) is 2.71. The molecular weight excluding hydrogens is 227 g/mol. The Kier molecular flexibility index (Phi) is 3.21. The number of nitrogen functional groups attached to an aromatic ring is 1. The van der Waals surface area contributed by atoms with E-state index in [4.69, 9.17) is 5.84 Å². The number of likely N-dealkylation sites (tertiary alicyclic amines) is 1. The highest BCUT2D eigenvalue weighted by Crippen LogP contribution is 2.18. The van der Waals surface area contributed by atoms with E-state index < -0.39 is 17.8 Å². The molecule has 92 valence electrons. The van der Waals surface area contributed by atoms with Crippen molar-refractivity contribution in [2.75, 3.05) is 18.5 Å². The quantitative estimate of drug-likeness (QED) is 0.488. The molecule has 4 N–H and O–H groups in total. The Bertz CT molecular complexity index is 440. The van der Waals surface area contributed by atoms with E-state index in [9.17, 15) is 14.3 Å². The number of nitrogens with two attached hydrogens (primary N) is 1. The van der Waals surface area contributed by atoms with Gasteiger partial charge in [0, 0.05) is 19.3 Å². The Balaban J connectivity index is 2.25. The molecule has 6 nitrogen and oxygen atoms in total. The molecule has 1 aliphatic heterocycles.